The molecule has 0 unspecified atom stereocenters. The average molecular weight is 639 g/mol. The minimum Gasteiger partial charge on any atom is -0.453 e. The number of anilines is 2. The molecule has 47 heavy (non-hydrogen) atoms. The SMILES string of the molecule is O=C(c1ccc(-c2n[nH]c3nccc(Oc4ccc(NC(=O)C5(C(=O)Nc6ccc(F)cc6)CC5)cc4F)c23)cc1)N1CCOCC1. The number of pyridine rings is 1. The van der Waals surface area contributed by atoms with Gasteiger partial charge in [-0.05, 0) is 67.4 Å². The van der Waals surface area contributed by atoms with Gasteiger partial charge in [0, 0.05) is 47.9 Å². The summed E-state index contributed by atoms with van der Waals surface area (Å²) in [4.78, 5) is 44.9. The first-order valence-corrected chi connectivity index (χ1v) is 15.0. The van der Waals surface area contributed by atoms with Gasteiger partial charge in [0.1, 0.15) is 22.7 Å². The van der Waals surface area contributed by atoms with Crippen molar-refractivity contribution in [3.63, 3.8) is 0 Å². The number of aromatic amines is 1. The minimum absolute atomic E-state index is 0.0758. The highest BCUT2D eigenvalue weighted by Gasteiger charge is 2.56. The normalized spacial score (nSPS) is 15.2. The van der Waals surface area contributed by atoms with E-state index in [2.05, 4.69) is 25.8 Å². The summed E-state index contributed by atoms with van der Waals surface area (Å²) in [6.07, 6.45) is 2.16. The lowest BCUT2D eigenvalue weighted by Gasteiger charge is -2.26. The van der Waals surface area contributed by atoms with Gasteiger partial charge in [0.25, 0.3) is 5.91 Å². The first-order chi connectivity index (χ1) is 22.8. The third kappa shape index (κ3) is 6.00. The number of ether oxygens (including phenoxy) is 2. The molecule has 1 saturated carbocycles. The molecule has 0 bridgehead atoms. The van der Waals surface area contributed by atoms with E-state index in [1.165, 1.54) is 42.6 Å². The van der Waals surface area contributed by atoms with Crippen LogP contribution in [-0.2, 0) is 14.3 Å². The second kappa shape index (κ2) is 12.2. The van der Waals surface area contributed by atoms with Crippen molar-refractivity contribution in [3.8, 4) is 22.8 Å². The maximum absolute atomic E-state index is 15.3. The van der Waals surface area contributed by atoms with Crippen LogP contribution in [0.3, 0.4) is 0 Å². The van der Waals surface area contributed by atoms with Gasteiger partial charge in [-0.15, -0.1) is 0 Å². The van der Waals surface area contributed by atoms with Gasteiger partial charge in [-0.1, -0.05) is 12.1 Å². The van der Waals surface area contributed by atoms with E-state index >= 15 is 4.39 Å². The predicted molar refractivity (Wildman–Crippen MR) is 168 cm³/mol. The Morgan fingerprint density at radius 3 is 2.21 bits per heavy atom. The highest BCUT2D eigenvalue weighted by Crippen LogP contribution is 2.47. The summed E-state index contributed by atoms with van der Waals surface area (Å²) in [5.41, 5.74) is 1.38. The van der Waals surface area contributed by atoms with Crippen LogP contribution < -0.4 is 15.4 Å². The molecule has 0 radical (unpaired) electrons. The topological polar surface area (TPSA) is 139 Å². The van der Waals surface area contributed by atoms with Gasteiger partial charge in [-0.2, -0.15) is 5.10 Å². The van der Waals surface area contributed by atoms with Crippen molar-refractivity contribution in [2.75, 3.05) is 36.9 Å². The number of H-pyrrole nitrogens is 1. The molecule has 3 N–H and O–H groups in total. The highest BCUT2D eigenvalue weighted by molar-refractivity contribution is 6.17. The summed E-state index contributed by atoms with van der Waals surface area (Å²) in [5.74, 6) is -2.17. The second-order valence-corrected chi connectivity index (χ2v) is 11.3. The molecule has 238 valence electrons. The first-order valence-electron chi connectivity index (χ1n) is 15.0. The van der Waals surface area contributed by atoms with Crippen LogP contribution in [0.15, 0.2) is 79.0 Å². The molecule has 1 aliphatic heterocycles. The van der Waals surface area contributed by atoms with Crippen molar-refractivity contribution < 1.29 is 32.6 Å². The molecule has 11 nitrogen and oxygen atoms in total. The van der Waals surface area contributed by atoms with Crippen LogP contribution >= 0.6 is 0 Å². The smallest absolute Gasteiger partial charge is 0.254 e. The summed E-state index contributed by atoms with van der Waals surface area (Å²) in [6, 6.07) is 17.8. The van der Waals surface area contributed by atoms with Crippen LogP contribution in [0.4, 0.5) is 20.2 Å². The number of benzene rings is 3. The maximum Gasteiger partial charge on any atom is 0.254 e. The lowest BCUT2D eigenvalue weighted by Crippen LogP contribution is -2.40. The Balaban J connectivity index is 1.06. The third-order valence-electron chi connectivity index (χ3n) is 8.26. The maximum atomic E-state index is 15.3. The number of carbonyl (C=O) groups excluding carboxylic acids is 3. The van der Waals surface area contributed by atoms with E-state index in [1.807, 2.05) is 0 Å². The number of amides is 3. The van der Waals surface area contributed by atoms with Crippen molar-refractivity contribution in [1.29, 1.82) is 0 Å². The molecule has 0 spiro atoms. The van der Waals surface area contributed by atoms with Crippen LogP contribution in [-0.4, -0.2) is 64.1 Å². The molecule has 13 heteroatoms. The van der Waals surface area contributed by atoms with E-state index in [4.69, 9.17) is 9.47 Å². The molecule has 2 aromatic heterocycles. The van der Waals surface area contributed by atoms with E-state index in [1.54, 1.807) is 35.2 Å². The van der Waals surface area contributed by atoms with Crippen LogP contribution in [0.1, 0.15) is 23.2 Å². The largest absolute Gasteiger partial charge is 0.453 e. The van der Waals surface area contributed by atoms with Crippen LogP contribution in [0.25, 0.3) is 22.3 Å². The van der Waals surface area contributed by atoms with Gasteiger partial charge in [0.2, 0.25) is 11.8 Å². The third-order valence-corrected chi connectivity index (χ3v) is 8.26. The molecular weight excluding hydrogens is 610 g/mol. The number of fused-ring (bicyclic) bond motifs is 1. The fourth-order valence-electron chi connectivity index (χ4n) is 5.43. The van der Waals surface area contributed by atoms with E-state index in [-0.39, 0.29) is 23.1 Å². The molecular formula is C34H28F2N6O5. The Hall–Kier alpha value is -5.69. The molecule has 1 aliphatic carbocycles. The van der Waals surface area contributed by atoms with Crippen LogP contribution in [0.2, 0.25) is 0 Å². The fraction of sp³-hybridized carbons (Fsp3) is 0.206. The van der Waals surface area contributed by atoms with Gasteiger partial charge in [0.15, 0.2) is 17.2 Å². The number of morpholine rings is 1. The molecule has 2 aliphatic rings. The lowest BCUT2D eigenvalue weighted by molar-refractivity contribution is -0.131. The summed E-state index contributed by atoms with van der Waals surface area (Å²) in [6.45, 7) is 2.10. The van der Waals surface area contributed by atoms with Crippen LogP contribution in [0.5, 0.6) is 11.5 Å². The van der Waals surface area contributed by atoms with Gasteiger partial charge >= 0.3 is 0 Å². The Labute approximate surface area is 266 Å². The molecule has 3 amide bonds. The molecule has 2 fully saturated rings. The van der Waals surface area contributed by atoms with Gasteiger partial charge in [-0.25, -0.2) is 13.8 Å². The first kappa shape index (κ1) is 30.0. The average Bonchev–Trinajstić information content (AvgIpc) is 3.80. The van der Waals surface area contributed by atoms with Gasteiger partial charge in [-0.3, -0.25) is 19.5 Å². The van der Waals surface area contributed by atoms with Crippen LogP contribution in [0, 0.1) is 17.0 Å². The van der Waals surface area contributed by atoms with E-state index < -0.39 is 28.9 Å². The van der Waals surface area contributed by atoms with E-state index in [0.717, 1.165) is 6.07 Å². The molecule has 0 atom stereocenters. The standard InChI is InChI=1S/C34H28F2N6O5/c35-22-5-7-23(8-6-22)38-32(44)34(12-13-34)33(45)39-24-9-10-26(25(36)19-24)47-27-11-14-37-30-28(27)29(40-41-30)20-1-3-21(4-2-20)31(43)42-15-17-46-18-16-42/h1-11,14,19H,12-13,15-18H2,(H,38,44)(H,39,45)(H,37,40,41). The van der Waals surface area contributed by atoms with E-state index in [0.29, 0.717) is 72.7 Å². The molecule has 3 heterocycles. The van der Waals surface area contributed by atoms with Crippen molar-refractivity contribution in [1.82, 2.24) is 20.1 Å². The van der Waals surface area contributed by atoms with Crippen molar-refractivity contribution in [2.45, 2.75) is 12.8 Å². The predicted octanol–water partition coefficient (Wildman–Crippen LogP) is 5.53. The molecule has 1 saturated heterocycles. The Bertz CT molecular complexity index is 1990. The number of rotatable bonds is 8. The van der Waals surface area contributed by atoms with Gasteiger partial charge < -0.3 is 25.0 Å². The Morgan fingerprint density at radius 2 is 1.53 bits per heavy atom. The molecule has 3 aromatic carbocycles. The number of halogens is 2. The number of nitrogens with zero attached hydrogens (tertiary/aromatic N) is 3. The number of carbonyl (C=O) groups is 3. The lowest BCUT2D eigenvalue weighted by atomic mass is 10.0. The zero-order chi connectivity index (χ0) is 32.5. The summed E-state index contributed by atoms with van der Waals surface area (Å²) in [7, 11) is 0. The van der Waals surface area contributed by atoms with Crippen molar-refractivity contribution >= 4 is 40.1 Å². The van der Waals surface area contributed by atoms with E-state index in [9.17, 15) is 18.8 Å². The fourth-order valence-corrected chi connectivity index (χ4v) is 5.43. The van der Waals surface area contributed by atoms with Crippen molar-refractivity contribution in [2.24, 2.45) is 5.41 Å². The Morgan fingerprint density at radius 1 is 0.851 bits per heavy atom. The molecule has 5 aromatic rings. The minimum atomic E-state index is -1.30. The number of nitrogens with one attached hydrogen (secondary N) is 3. The van der Waals surface area contributed by atoms with Crippen molar-refractivity contribution in [3.05, 3.63) is 96.2 Å². The summed E-state index contributed by atoms with van der Waals surface area (Å²) >= 11 is 0. The molecule has 7 rings (SSSR count). The second-order valence-electron chi connectivity index (χ2n) is 11.3. The number of hydrogen-bond donors (Lipinski definition) is 3. The summed E-state index contributed by atoms with van der Waals surface area (Å²) < 4.78 is 39.9. The zero-order valence-electron chi connectivity index (χ0n) is 24.9. The monoisotopic (exact) mass is 638 g/mol. The van der Waals surface area contributed by atoms with Gasteiger partial charge in [0.05, 0.1) is 18.6 Å². The quantitative estimate of drug-likeness (QED) is 0.190. The number of hydrogen-bond acceptors (Lipinski definition) is 7. The Kier molecular flexibility index (Phi) is 7.82. The highest BCUT2D eigenvalue weighted by atomic mass is 19.1. The number of aromatic nitrogens is 3. The zero-order valence-corrected chi connectivity index (χ0v) is 24.9. The summed E-state index contributed by atoms with van der Waals surface area (Å²) in [5, 5.41) is 13.1.